The fourth-order valence-electron chi connectivity index (χ4n) is 4.49. The highest BCUT2D eigenvalue weighted by molar-refractivity contribution is 5.93. The summed E-state index contributed by atoms with van der Waals surface area (Å²) >= 11 is 0. The molecule has 1 aromatic rings. The minimum Gasteiger partial charge on any atom is -0.507 e. The molecule has 4 amide bonds. The number of para-hydroxylation sites is 1. The lowest BCUT2D eigenvalue weighted by molar-refractivity contribution is -0.145. The number of primary amides is 1. The molecule has 0 aliphatic rings. The minimum atomic E-state index is -1.19. The zero-order valence-electron chi connectivity index (χ0n) is 26.2. The van der Waals surface area contributed by atoms with Gasteiger partial charge in [-0.2, -0.15) is 0 Å². The van der Waals surface area contributed by atoms with Crippen LogP contribution in [0.2, 0.25) is 0 Å². The molecule has 0 aliphatic heterocycles. The first kappa shape index (κ1) is 35.7. The van der Waals surface area contributed by atoms with E-state index in [2.05, 4.69) is 31.4 Å². The third-order valence-corrected chi connectivity index (χ3v) is 6.73. The lowest BCUT2D eigenvalue weighted by Crippen LogP contribution is -2.55. The maximum atomic E-state index is 14.4. The van der Waals surface area contributed by atoms with Crippen LogP contribution in [0, 0.1) is 12.8 Å². The van der Waals surface area contributed by atoms with Crippen molar-refractivity contribution in [2.45, 2.75) is 124 Å². The number of aromatic hydroxyl groups is 1. The van der Waals surface area contributed by atoms with Crippen LogP contribution in [-0.4, -0.2) is 58.1 Å². The maximum absolute atomic E-state index is 14.4. The van der Waals surface area contributed by atoms with Crippen LogP contribution in [0.25, 0.3) is 0 Å². The maximum Gasteiger partial charge on any atom is 0.408 e. The lowest BCUT2D eigenvalue weighted by atomic mass is 9.95. The molecule has 232 valence electrons. The van der Waals surface area contributed by atoms with Crippen molar-refractivity contribution in [1.29, 1.82) is 0 Å². The molecule has 5 N–H and O–H groups in total. The molecule has 1 rings (SSSR count). The van der Waals surface area contributed by atoms with Gasteiger partial charge in [0.15, 0.2) is 0 Å². The predicted octanol–water partition coefficient (Wildman–Crippen LogP) is 4.86. The Labute approximate surface area is 245 Å². The van der Waals surface area contributed by atoms with Gasteiger partial charge in [0, 0.05) is 24.6 Å². The van der Waals surface area contributed by atoms with Crippen LogP contribution in [0.4, 0.5) is 4.79 Å². The number of aryl methyl sites for hydroxylation is 1. The number of carbonyl (C=O) groups is 4. The number of phenolic OH excluding ortho intramolecular Hbond substituents is 1. The van der Waals surface area contributed by atoms with Crippen molar-refractivity contribution in [2.24, 2.45) is 11.7 Å². The summed E-state index contributed by atoms with van der Waals surface area (Å²) in [6.07, 6.45) is 2.97. The molecule has 0 aromatic heterocycles. The first-order chi connectivity index (χ1) is 19.1. The Bertz CT molecular complexity index is 1020. The van der Waals surface area contributed by atoms with Crippen LogP contribution >= 0.6 is 0 Å². The van der Waals surface area contributed by atoms with E-state index in [0.29, 0.717) is 24.4 Å². The van der Waals surface area contributed by atoms with Gasteiger partial charge in [0.1, 0.15) is 23.4 Å². The number of hydrogen-bond acceptors (Lipinski definition) is 6. The van der Waals surface area contributed by atoms with E-state index in [-0.39, 0.29) is 24.2 Å². The molecule has 10 nitrogen and oxygen atoms in total. The van der Waals surface area contributed by atoms with E-state index in [0.717, 1.165) is 25.7 Å². The average molecular weight is 577 g/mol. The van der Waals surface area contributed by atoms with Gasteiger partial charge in [-0.1, -0.05) is 51.8 Å². The summed E-state index contributed by atoms with van der Waals surface area (Å²) in [5.41, 5.74) is 5.43. The molecule has 3 atom stereocenters. The number of unbranched alkanes of at least 4 members (excludes halogenated alkanes) is 2. The van der Waals surface area contributed by atoms with Crippen molar-refractivity contribution in [3.63, 3.8) is 0 Å². The summed E-state index contributed by atoms with van der Waals surface area (Å²) in [6, 6.07) is 2.26. The van der Waals surface area contributed by atoms with E-state index < -0.39 is 47.5 Å². The van der Waals surface area contributed by atoms with Crippen molar-refractivity contribution >= 4 is 23.8 Å². The summed E-state index contributed by atoms with van der Waals surface area (Å²) in [6.45, 7) is 15.3. The molecule has 0 heterocycles. The number of phenols is 1. The predicted molar refractivity (Wildman–Crippen MR) is 160 cm³/mol. The van der Waals surface area contributed by atoms with Crippen molar-refractivity contribution in [1.82, 2.24) is 15.5 Å². The Hall–Kier alpha value is -3.30. The van der Waals surface area contributed by atoms with Crippen LogP contribution in [0.1, 0.15) is 111 Å². The van der Waals surface area contributed by atoms with Crippen LogP contribution in [0.3, 0.4) is 0 Å². The van der Waals surface area contributed by atoms with Crippen LogP contribution in [0.15, 0.2) is 18.2 Å². The second kappa shape index (κ2) is 16.8. The number of rotatable bonds is 16. The fraction of sp³-hybridized carbons (Fsp3) is 0.677. The van der Waals surface area contributed by atoms with Gasteiger partial charge < -0.3 is 31.1 Å². The Balaban J connectivity index is 3.67. The molecular formula is C31H52N4O6. The molecule has 0 saturated carbocycles. The molecule has 0 spiro atoms. The molecular weight excluding hydrogens is 524 g/mol. The zero-order valence-corrected chi connectivity index (χ0v) is 26.2. The second-order valence-corrected chi connectivity index (χ2v) is 12.2. The Morgan fingerprint density at radius 3 is 2.27 bits per heavy atom. The van der Waals surface area contributed by atoms with Gasteiger partial charge in [-0.05, 0) is 71.8 Å². The molecule has 3 unspecified atom stereocenters. The summed E-state index contributed by atoms with van der Waals surface area (Å²) < 4.78 is 5.39. The molecule has 1 aromatic carbocycles. The molecule has 0 saturated heterocycles. The van der Waals surface area contributed by atoms with E-state index in [9.17, 15) is 24.3 Å². The van der Waals surface area contributed by atoms with E-state index in [1.807, 2.05) is 6.92 Å². The molecule has 0 radical (unpaired) electrons. The lowest BCUT2D eigenvalue weighted by Gasteiger charge is -2.39. The fourth-order valence-corrected chi connectivity index (χ4v) is 4.49. The van der Waals surface area contributed by atoms with E-state index >= 15 is 0 Å². The largest absolute Gasteiger partial charge is 0.507 e. The van der Waals surface area contributed by atoms with Gasteiger partial charge >= 0.3 is 6.09 Å². The summed E-state index contributed by atoms with van der Waals surface area (Å²) in [5, 5.41) is 16.6. The van der Waals surface area contributed by atoms with Gasteiger partial charge in [-0.15, -0.1) is 0 Å². The zero-order chi connectivity index (χ0) is 31.3. The summed E-state index contributed by atoms with van der Waals surface area (Å²) in [7, 11) is 0. The molecule has 10 heteroatoms. The smallest absolute Gasteiger partial charge is 0.408 e. The van der Waals surface area contributed by atoms with E-state index in [4.69, 9.17) is 10.5 Å². The number of hydrogen-bond donors (Lipinski definition) is 4. The number of carbonyl (C=O) groups excluding carboxylic acids is 4. The van der Waals surface area contributed by atoms with Crippen molar-refractivity contribution in [3.05, 3.63) is 29.3 Å². The highest BCUT2D eigenvalue weighted by Gasteiger charge is 2.40. The Morgan fingerprint density at radius 1 is 1.05 bits per heavy atom. The topological polar surface area (TPSA) is 151 Å². The SMILES string of the molecule is CCCCCNC(=O)C(c1cccc(C)c1O)N(C(=O)C(CCC(N)=O)NC(=O)OC(C)(C)C)C(C)CCC(C)C. The second-order valence-electron chi connectivity index (χ2n) is 12.2. The van der Waals surface area contributed by atoms with Gasteiger partial charge in [0.25, 0.3) is 0 Å². The number of alkyl carbamates (subject to hydrolysis) is 1. The van der Waals surface area contributed by atoms with Crippen LogP contribution in [-0.2, 0) is 19.1 Å². The van der Waals surface area contributed by atoms with E-state index in [1.165, 1.54) is 4.90 Å². The number of ether oxygens (including phenoxy) is 1. The highest BCUT2D eigenvalue weighted by Crippen LogP contribution is 2.34. The third-order valence-electron chi connectivity index (χ3n) is 6.73. The Morgan fingerprint density at radius 2 is 1.71 bits per heavy atom. The van der Waals surface area contributed by atoms with Gasteiger partial charge in [-0.25, -0.2) is 4.79 Å². The van der Waals surface area contributed by atoms with Crippen molar-refractivity contribution in [3.8, 4) is 5.75 Å². The number of amides is 4. The monoisotopic (exact) mass is 576 g/mol. The Kier molecular flexibility index (Phi) is 14.7. The standard InChI is InChI=1S/C31H52N4O6/c1-9-10-11-19-33-28(38)26(23-14-12-13-21(4)27(23)37)35(22(5)16-15-20(2)3)29(39)24(17-18-25(32)36)34-30(40)41-31(6,7)8/h12-14,20,22,24,26,37H,9-11,15-19H2,1-8H3,(H2,32,36)(H,33,38)(H,34,40). The first-order valence-corrected chi connectivity index (χ1v) is 14.7. The van der Waals surface area contributed by atoms with Crippen molar-refractivity contribution in [2.75, 3.05) is 6.54 Å². The molecule has 0 fully saturated rings. The van der Waals surface area contributed by atoms with Crippen LogP contribution in [0.5, 0.6) is 5.75 Å². The number of nitrogens with two attached hydrogens (primary N) is 1. The van der Waals surface area contributed by atoms with Gasteiger partial charge in [0.05, 0.1) is 0 Å². The average Bonchev–Trinajstić information content (AvgIpc) is 2.86. The van der Waals surface area contributed by atoms with Gasteiger partial charge in [-0.3, -0.25) is 14.4 Å². The summed E-state index contributed by atoms with van der Waals surface area (Å²) in [5.74, 6) is -1.37. The minimum absolute atomic E-state index is 0.0779. The molecule has 0 aliphatic carbocycles. The number of nitrogens with one attached hydrogen (secondary N) is 2. The van der Waals surface area contributed by atoms with Crippen LogP contribution < -0.4 is 16.4 Å². The number of nitrogens with zero attached hydrogens (tertiary/aromatic N) is 1. The summed E-state index contributed by atoms with van der Waals surface area (Å²) in [4.78, 5) is 54.1. The van der Waals surface area contributed by atoms with Crippen molar-refractivity contribution < 1.29 is 29.0 Å². The molecule has 41 heavy (non-hydrogen) atoms. The van der Waals surface area contributed by atoms with Gasteiger partial charge in [0.2, 0.25) is 17.7 Å². The first-order valence-electron chi connectivity index (χ1n) is 14.7. The quantitative estimate of drug-likeness (QED) is 0.206. The van der Waals surface area contributed by atoms with E-state index in [1.54, 1.807) is 45.9 Å². The number of benzene rings is 1. The highest BCUT2D eigenvalue weighted by atomic mass is 16.6. The third kappa shape index (κ3) is 12.4. The molecule has 0 bridgehead atoms. The normalized spacial score (nSPS) is 13.7.